The Kier molecular flexibility index (Phi) is 5.76. The lowest BCUT2D eigenvalue weighted by molar-refractivity contribution is -0.130. The molecule has 2 aromatic rings. The molecule has 0 saturated heterocycles. The monoisotopic (exact) mass is 451 g/mol. The van der Waals surface area contributed by atoms with Crippen LogP contribution in [0.1, 0.15) is 22.8 Å². The third-order valence-corrected chi connectivity index (χ3v) is 5.73. The number of amidine groups is 1. The van der Waals surface area contributed by atoms with Gasteiger partial charge in [-0.15, -0.1) is 0 Å². The van der Waals surface area contributed by atoms with Crippen molar-refractivity contribution in [1.82, 2.24) is 10.2 Å². The summed E-state index contributed by atoms with van der Waals surface area (Å²) >= 11 is 6.23. The van der Waals surface area contributed by atoms with Crippen molar-refractivity contribution >= 4 is 29.3 Å². The quantitative estimate of drug-likeness (QED) is 0.725. The first-order valence-electron chi connectivity index (χ1n) is 9.95. The van der Waals surface area contributed by atoms with Crippen molar-refractivity contribution < 1.29 is 19.1 Å². The number of hydrogen-bond acceptors (Lipinski definition) is 5. The Morgan fingerprint density at radius 1 is 1.19 bits per heavy atom. The maximum absolute atomic E-state index is 13.6. The standard InChI is InChI=1S/C24H22ClN3O4/c1-15-7-6-12-28-21(15)26-24(23(28)30,27-22(29)18-8-4-5-9-19(18)25)14-16-13-17(31-2)10-11-20(16)32-3/h4-13H,14H2,1-3H3,(H,27,29)/t24-/m0/s1. The highest BCUT2D eigenvalue weighted by Crippen LogP contribution is 2.34. The molecule has 2 aromatic carbocycles. The fourth-order valence-electron chi connectivity index (χ4n) is 3.78. The molecule has 0 aliphatic carbocycles. The van der Waals surface area contributed by atoms with E-state index < -0.39 is 11.6 Å². The molecule has 32 heavy (non-hydrogen) atoms. The Balaban J connectivity index is 1.81. The predicted octanol–water partition coefficient (Wildman–Crippen LogP) is 3.74. The van der Waals surface area contributed by atoms with Crippen LogP contribution in [0.2, 0.25) is 5.02 Å². The number of benzene rings is 2. The van der Waals surface area contributed by atoms with Crippen LogP contribution in [0.4, 0.5) is 0 Å². The van der Waals surface area contributed by atoms with Crippen molar-refractivity contribution in [3.8, 4) is 11.5 Å². The van der Waals surface area contributed by atoms with Crippen molar-refractivity contribution in [1.29, 1.82) is 0 Å². The minimum absolute atomic E-state index is 0.0590. The minimum atomic E-state index is -1.59. The fourth-order valence-corrected chi connectivity index (χ4v) is 4.00. The van der Waals surface area contributed by atoms with Crippen LogP contribution in [0.3, 0.4) is 0 Å². The van der Waals surface area contributed by atoms with Crippen molar-refractivity contribution in [2.45, 2.75) is 19.0 Å². The average Bonchev–Trinajstić information content (AvgIpc) is 3.06. The van der Waals surface area contributed by atoms with Gasteiger partial charge >= 0.3 is 0 Å². The summed E-state index contributed by atoms with van der Waals surface area (Å²) < 4.78 is 10.8. The van der Waals surface area contributed by atoms with Gasteiger partial charge in [0, 0.05) is 18.2 Å². The largest absolute Gasteiger partial charge is 0.497 e. The molecule has 0 fully saturated rings. The normalized spacial score (nSPS) is 19.2. The van der Waals surface area contributed by atoms with Gasteiger partial charge < -0.3 is 14.8 Å². The average molecular weight is 452 g/mol. The minimum Gasteiger partial charge on any atom is -0.497 e. The van der Waals surface area contributed by atoms with Gasteiger partial charge in [0.1, 0.15) is 17.3 Å². The van der Waals surface area contributed by atoms with Crippen LogP contribution >= 0.6 is 11.6 Å². The smallest absolute Gasteiger partial charge is 0.281 e. The molecule has 0 bridgehead atoms. The van der Waals surface area contributed by atoms with Gasteiger partial charge in [0.25, 0.3) is 11.8 Å². The van der Waals surface area contributed by atoms with Crippen molar-refractivity contribution in [3.05, 3.63) is 82.5 Å². The molecule has 8 heteroatoms. The molecule has 0 spiro atoms. The first-order valence-corrected chi connectivity index (χ1v) is 10.3. The van der Waals surface area contributed by atoms with Crippen molar-refractivity contribution in [3.63, 3.8) is 0 Å². The summed E-state index contributed by atoms with van der Waals surface area (Å²) in [5.41, 5.74) is 0.142. The second-order valence-corrected chi connectivity index (χ2v) is 7.86. The van der Waals surface area contributed by atoms with Gasteiger partial charge in [0.2, 0.25) is 5.66 Å². The number of rotatable bonds is 6. The van der Waals surface area contributed by atoms with E-state index in [9.17, 15) is 9.59 Å². The number of carbonyl (C=O) groups is 2. The molecule has 0 saturated carbocycles. The maximum atomic E-state index is 13.6. The van der Waals surface area contributed by atoms with E-state index in [1.54, 1.807) is 69.0 Å². The number of halogens is 1. The lowest BCUT2D eigenvalue weighted by Crippen LogP contribution is -2.55. The lowest BCUT2D eigenvalue weighted by Gasteiger charge is -2.27. The SMILES string of the molecule is COc1ccc(OC)c(C[C@@]2(NC(=O)c3ccccc3Cl)N=C3C(C)=CC=CN3C2=O)c1. The maximum Gasteiger partial charge on any atom is 0.281 e. The summed E-state index contributed by atoms with van der Waals surface area (Å²) in [7, 11) is 3.10. The Labute approximate surface area is 191 Å². The van der Waals surface area contributed by atoms with Crippen LogP contribution in [0.15, 0.2) is 71.4 Å². The molecule has 164 valence electrons. The number of carbonyl (C=O) groups excluding carboxylic acids is 2. The van der Waals surface area contributed by atoms with E-state index in [2.05, 4.69) is 5.32 Å². The molecule has 1 atom stereocenters. The number of methoxy groups -OCH3 is 2. The molecule has 1 N–H and O–H groups in total. The van der Waals surface area contributed by atoms with Crippen molar-refractivity contribution in [2.75, 3.05) is 14.2 Å². The molecule has 7 nitrogen and oxygen atoms in total. The molecule has 2 aliphatic rings. The van der Waals surface area contributed by atoms with Crippen LogP contribution in [-0.4, -0.2) is 42.4 Å². The highest BCUT2D eigenvalue weighted by Gasteiger charge is 2.50. The Morgan fingerprint density at radius 3 is 2.66 bits per heavy atom. The van der Waals surface area contributed by atoms with E-state index in [0.717, 1.165) is 5.57 Å². The molecular formula is C24H22ClN3O4. The van der Waals surface area contributed by atoms with Gasteiger partial charge in [0.15, 0.2) is 0 Å². The number of allylic oxidation sites excluding steroid dienone is 2. The number of aliphatic imine (C=N–C) groups is 1. The van der Waals surface area contributed by atoms with Crippen LogP contribution in [-0.2, 0) is 11.2 Å². The van der Waals surface area contributed by atoms with Crippen LogP contribution in [0.5, 0.6) is 11.5 Å². The van der Waals surface area contributed by atoms with Gasteiger partial charge in [-0.3, -0.25) is 14.5 Å². The molecule has 2 aliphatic heterocycles. The third kappa shape index (κ3) is 3.76. The van der Waals surface area contributed by atoms with E-state index in [-0.39, 0.29) is 22.9 Å². The summed E-state index contributed by atoms with van der Waals surface area (Å²) in [5.74, 6) is 0.763. The fraction of sp³-hybridized carbons (Fsp3) is 0.208. The summed E-state index contributed by atoms with van der Waals surface area (Å²) in [6, 6.07) is 11.9. The zero-order valence-electron chi connectivity index (χ0n) is 17.9. The van der Waals surface area contributed by atoms with Crippen LogP contribution in [0.25, 0.3) is 0 Å². The zero-order chi connectivity index (χ0) is 22.9. The van der Waals surface area contributed by atoms with Gasteiger partial charge in [-0.05, 0) is 48.9 Å². The molecule has 2 heterocycles. The molecule has 0 radical (unpaired) electrons. The van der Waals surface area contributed by atoms with E-state index in [1.807, 2.05) is 13.0 Å². The first-order chi connectivity index (χ1) is 15.4. The van der Waals surface area contributed by atoms with Gasteiger partial charge in [0.05, 0.1) is 24.8 Å². The van der Waals surface area contributed by atoms with E-state index in [0.29, 0.717) is 22.9 Å². The number of fused-ring (bicyclic) bond motifs is 1. The highest BCUT2D eigenvalue weighted by atomic mass is 35.5. The summed E-state index contributed by atoms with van der Waals surface area (Å²) in [5, 5.41) is 3.14. The van der Waals surface area contributed by atoms with Crippen LogP contribution < -0.4 is 14.8 Å². The van der Waals surface area contributed by atoms with E-state index >= 15 is 0 Å². The number of ether oxygens (including phenoxy) is 2. The molecule has 0 unspecified atom stereocenters. The van der Waals surface area contributed by atoms with Crippen molar-refractivity contribution in [2.24, 2.45) is 4.99 Å². The summed E-state index contributed by atoms with van der Waals surface area (Å²) in [4.78, 5) is 33.0. The Hall–Kier alpha value is -3.58. The van der Waals surface area contributed by atoms with Gasteiger partial charge in [-0.1, -0.05) is 29.8 Å². The Morgan fingerprint density at radius 2 is 1.97 bits per heavy atom. The van der Waals surface area contributed by atoms with E-state index in [1.165, 1.54) is 4.90 Å². The zero-order valence-corrected chi connectivity index (χ0v) is 18.6. The number of nitrogens with zero attached hydrogens (tertiary/aromatic N) is 2. The number of nitrogens with one attached hydrogen (secondary N) is 1. The predicted molar refractivity (Wildman–Crippen MR) is 122 cm³/mol. The highest BCUT2D eigenvalue weighted by molar-refractivity contribution is 6.34. The molecule has 4 rings (SSSR count). The number of hydrogen-bond donors (Lipinski definition) is 1. The lowest BCUT2D eigenvalue weighted by atomic mass is 9.97. The summed E-state index contributed by atoms with van der Waals surface area (Å²) in [6.07, 6.45) is 5.33. The topological polar surface area (TPSA) is 80.2 Å². The molecule has 2 amide bonds. The Bertz CT molecular complexity index is 1190. The second-order valence-electron chi connectivity index (χ2n) is 7.45. The molecular weight excluding hydrogens is 430 g/mol. The second kappa shape index (κ2) is 8.51. The first kappa shape index (κ1) is 21.6. The number of amides is 2. The van der Waals surface area contributed by atoms with Gasteiger partial charge in [-0.2, -0.15) is 0 Å². The van der Waals surface area contributed by atoms with Gasteiger partial charge in [-0.25, -0.2) is 4.99 Å². The third-order valence-electron chi connectivity index (χ3n) is 5.40. The van der Waals surface area contributed by atoms with Crippen LogP contribution in [0, 0.1) is 0 Å². The van der Waals surface area contributed by atoms with E-state index in [4.69, 9.17) is 26.1 Å². The molecule has 0 aromatic heterocycles. The summed E-state index contributed by atoms with van der Waals surface area (Å²) in [6.45, 7) is 1.86.